The minimum atomic E-state index is -4.39. The SMILES string of the molecule is Cc1ccc(C(N)CCc2ccc(C(F)(F)F)nc2)cc1C. The van der Waals surface area contributed by atoms with Gasteiger partial charge >= 0.3 is 6.18 Å². The van der Waals surface area contributed by atoms with Crippen molar-refractivity contribution in [3.05, 3.63) is 64.5 Å². The number of aryl methyl sites for hydroxylation is 3. The summed E-state index contributed by atoms with van der Waals surface area (Å²) in [5.41, 5.74) is 9.49. The minimum Gasteiger partial charge on any atom is -0.324 e. The van der Waals surface area contributed by atoms with Crippen LogP contribution < -0.4 is 5.73 Å². The normalized spacial score (nSPS) is 13.2. The molecule has 0 spiro atoms. The first-order valence-corrected chi connectivity index (χ1v) is 7.12. The summed E-state index contributed by atoms with van der Waals surface area (Å²) in [6.07, 6.45) is -1.86. The van der Waals surface area contributed by atoms with Crippen LogP contribution in [0, 0.1) is 13.8 Å². The van der Waals surface area contributed by atoms with E-state index >= 15 is 0 Å². The van der Waals surface area contributed by atoms with Crippen molar-refractivity contribution in [1.29, 1.82) is 0 Å². The molecule has 0 fully saturated rings. The van der Waals surface area contributed by atoms with Gasteiger partial charge in [0.2, 0.25) is 0 Å². The van der Waals surface area contributed by atoms with Gasteiger partial charge in [0.1, 0.15) is 5.69 Å². The Balaban J connectivity index is 1.98. The number of benzene rings is 1. The van der Waals surface area contributed by atoms with E-state index in [0.717, 1.165) is 17.2 Å². The molecule has 0 aliphatic rings. The van der Waals surface area contributed by atoms with Gasteiger partial charge in [-0.05, 0) is 55.0 Å². The van der Waals surface area contributed by atoms with Crippen molar-refractivity contribution in [2.75, 3.05) is 0 Å². The van der Waals surface area contributed by atoms with Crippen molar-refractivity contribution in [3.63, 3.8) is 0 Å². The Labute approximate surface area is 128 Å². The molecule has 0 aliphatic heterocycles. The number of nitrogens with two attached hydrogens (primary N) is 1. The van der Waals surface area contributed by atoms with E-state index in [-0.39, 0.29) is 6.04 Å². The van der Waals surface area contributed by atoms with Crippen LogP contribution in [0.2, 0.25) is 0 Å². The first-order valence-electron chi connectivity index (χ1n) is 7.12. The van der Waals surface area contributed by atoms with Gasteiger partial charge in [0.15, 0.2) is 0 Å². The van der Waals surface area contributed by atoms with Crippen LogP contribution >= 0.6 is 0 Å². The van der Waals surface area contributed by atoms with Gasteiger partial charge in [-0.3, -0.25) is 4.98 Å². The molecular formula is C17H19F3N2. The summed E-state index contributed by atoms with van der Waals surface area (Å²) in [7, 11) is 0. The third-order valence-corrected chi connectivity index (χ3v) is 3.82. The van der Waals surface area contributed by atoms with Gasteiger partial charge < -0.3 is 5.73 Å². The summed E-state index contributed by atoms with van der Waals surface area (Å²) in [5, 5.41) is 0. The number of halogens is 3. The number of pyridine rings is 1. The van der Waals surface area contributed by atoms with E-state index in [2.05, 4.69) is 11.1 Å². The van der Waals surface area contributed by atoms with E-state index < -0.39 is 11.9 Å². The van der Waals surface area contributed by atoms with Crippen molar-refractivity contribution in [2.45, 2.75) is 38.9 Å². The molecule has 2 rings (SSSR count). The Hall–Kier alpha value is -1.88. The summed E-state index contributed by atoms with van der Waals surface area (Å²) in [6.45, 7) is 4.07. The van der Waals surface area contributed by atoms with Crippen LogP contribution in [0.25, 0.3) is 0 Å². The van der Waals surface area contributed by atoms with Gasteiger partial charge in [-0.15, -0.1) is 0 Å². The van der Waals surface area contributed by atoms with Crippen molar-refractivity contribution < 1.29 is 13.2 Å². The topological polar surface area (TPSA) is 38.9 Å². The van der Waals surface area contributed by atoms with E-state index in [1.807, 2.05) is 26.0 Å². The smallest absolute Gasteiger partial charge is 0.324 e. The van der Waals surface area contributed by atoms with E-state index in [0.29, 0.717) is 12.8 Å². The Kier molecular flexibility index (Phi) is 4.86. The molecule has 118 valence electrons. The van der Waals surface area contributed by atoms with Crippen molar-refractivity contribution in [1.82, 2.24) is 4.98 Å². The van der Waals surface area contributed by atoms with E-state index in [4.69, 9.17) is 5.73 Å². The number of aromatic nitrogens is 1. The lowest BCUT2D eigenvalue weighted by Gasteiger charge is -2.14. The zero-order valence-corrected chi connectivity index (χ0v) is 12.6. The van der Waals surface area contributed by atoms with Crippen molar-refractivity contribution >= 4 is 0 Å². The average Bonchev–Trinajstić information content (AvgIpc) is 2.47. The summed E-state index contributed by atoms with van der Waals surface area (Å²) in [4.78, 5) is 3.46. The van der Waals surface area contributed by atoms with E-state index in [1.165, 1.54) is 23.4 Å². The molecule has 0 saturated heterocycles. The van der Waals surface area contributed by atoms with Gasteiger partial charge in [-0.25, -0.2) is 0 Å². The molecule has 1 unspecified atom stereocenters. The predicted octanol–water partition coefficient (Wildman–Crippen LogP) is 4.35. The molecule has 0 aliphatic carbocycles. The molecule has 1 atom stereocenters. The maximum absolute atomic E-state index is 12.4. The minimum absolute atomic E-state index is 0.137. The maximum Gasteiger partial charge on any atom is 0.433 e. The standard InChI is InChI=1S/C17H19F3N2/c1-11-3-6-14(9-12(11)2)15(21)7-4-13-5-8-16(22-10-13)17(18,19)20/h3,5-6,8-10,15H,4,7,21H2,1-2H3. The Morgan fingerprint density at radius 1 is 1.09 bits per heavy atom. The monoisotopic (exact) mass is 308 g/mol. The largest absolute Gasteiger partial charge is 0.433 e. The van der Waals surface area contributed by atoms with Crippen LogP contribution in [-0.4, -0.2) is 4.98 Å². The molecule has 5 heteroatoms. The second kappa shape index (κ2) is 6.48. The number of nitrogens with zero attached hydrogens (tertiary/aromatic N) is 1. The Morgan fingerprint density at radius 3 is 2.36 bits per heavy atom. The van der Waals surface area contributed by atoms with Crippen LogP contribution in [0.15, 0.2) is 36.5 Å². The molecule has 1 aromatic carbocycles. The Bertz CT molecular complexity index is 633. The first kappa shape index (κ1) is 16.5. The third-order valence-electron chi connectivity index (χ3n) is 3.82. The molecule has 0 amide bonds. The lowest BCUT2D eigenvalue weighted by atomic mass is 9.97. The van der Waals surface area contributed by atoms with Gasteiger partial charge in [-0.2, -0.15) is 13.2 Å². The molecule has 1 heterocycles. The molecule has 0 bridgehead atoms. The fourth-order valence-electron chi connectivity index (χ4n) is 2.22. The number of alkyl halides is 3. The molecule has 2 nitrogen and oxygen atoms in total. The van der Waals surface area contributed by atoms with Gasteiger partial charge in [-0.1, -0.05) is 24.3 Å². The Morgan fingerprint density at radius 2 is 1.82 bits per heavy atom. The van der Waals surface area contributed by atoms with E-state index in [9.17, 15) is 13.2 Å². The zero-order valence-electron chi connectivity index (χ0n) is 12.6. The van der Waals surface area contributed by atoms with Gasteiger partial charge in [0.25, 0.3) is 0 Å². The van der Waals surface area contributed by atoms with Crippen molar-refractivity contribution in [3.8, 4) is 0 Å². The van der Waals surface area contributed by atoms with Crippen LogP contribution in [0.3, 0.4) is 0 Å². The maximum atomic E-state index is 12.4. The zero-order chi connectivity index (χ0) is 16.3. The molecule has 1 aromatic heterocycles. The van der Waals surface area contributed by atoms with Crippen LogP contribution in [0.5, 0.6) is 0 Å². The third kappa shape index (κ3) is 4.07. The highest BCUT2D eigenvalue weighted by atomic mass is 19.4. The summed E-state index contributed by atoms with van der Waals surface area (Å²) < 4.78 is 37.3. The lowest BCUT2D eigenvalue weighted by Crippen LogP contribution is -2.12. The van der Waals surface area contributed by atoms with Gasteiger partial charge in [0.05, 0.1) is 0 Å². The first-order chi connectivity index (χ1) is 10.3. The quantitative estimate of drug-likeness (QED) is 0.912. The van der Waals surface area contributed by atoms with E-state index in [1.54, 1.807) is 0 Å². The molecule has 2 aromatic rings. The highest BCUT2D eigenvalue weighted by Crippen LogP contribution is 2.27. The number of hydrogen-bond acceptors (Lipinski definition) is 2. The molecule has 2 N–H and O–H groups in total. The summed E-state index contributed by atoms with van der Waals surface area (Å²) in [6, 6.07) is 8.43. The second-order valence-electron chi connectivity index (χ2n) is 5.54. The fraction of sp³-hybridized carbons (Fsp3) is 0.353. The van der Waals surface area contributed by atoms with Crippen LogP contribution in [0.1, 0.15) is 40.4 Å². The fourth-order valence-corrected chi connectivity index (χ4v) is 2.22. The van der Waals surface area contributed by atoms with Gasteiger partial charge in [0, 0.05) is 12.2 Å². The highest BCUT2D eigenvalue weighted by Gasteiger charge is 2.31. The molecule has 22 heavy (non-hydrogen) atoms. The predicted molar refractivity (Wildman–Crippen MR) is 80.4 cm³/mol. The molecule has 0 saturated carbocycles. The highest BCUT2D eigenvalue weighted by molar-refractivity contribution is 5.31. The van der Waals surface area contributed by atoms with Crippen LogP contribution in [-0.2, 0) is 12.6 Å². The second-order valence-corrected chi connectivity index (χ2v) is 5.54. The molecule has 0 radical (unpaired) electrons. The summed E-state index contributed by atoms with van der Waals surface area (Å²) >= 11 is 0. The van der Waals surface area contributed by atoms with Crippen molar-refractivity contribution in [2.24, 2.45) is 5.73 Å². The lowest BCUT2D eigenvalue weighted by molar-refractivity contribution is -0.141. The summed E-state index contributed by atoms with van der Waals surface area (Å²) in [5.74, 6) is 0. The molecular weight excluding hydrogens is 289 g/mol. The average molecular weight is 308 g/mol. The van der Waals surface area contributed by atoms with Crippen LogP contribution in [0.4, 0.5) is 13.2 Å². The number of hydrogen-bond donors (Lipinski definition) is 1. The number of rotatable bonds is 4.